The van der Waals surface area contributed by atoms with E-state index in [-0.39, 0.29) is 5.91 Å². The zero-order valence-corrected chi connectivity index (χ0v) is 13.6. The first-order valence-electron chi connectivity index (χ1n) is 6.89. The minimum absolute atomic E-state index is 0.102. The van der Waals surface area contributed by atoms with Gasteiger partial charge in [-0.2, -0.15) is 0 Å². The molecule has 21 heavy (non-hydrogen) atoms. The van der Waals surface area contributed by atoms with E-state index in [0.717, 1.165) is 0 Å². The van der Waals surface area contributed by atoms with Crippen LogP contribution in [0.5, 0.6) is 0 Å². The number of anilines is 1. The minimum Gasteiger partial charge on any atom is -0.366 e. The van der Waals surface area contributed by atoms with Crippen molar-refractivity contribution in [1.82, 2.24) is 4.90 Å². The Bertz CT molecular complexity index is 542. The van der Waals surface area contributed by atoms with Crippen LogP contribution in [0, 0.1) is 0 Å². The van der Waals surface area contributed by atoms with Crippen LogP contribution in [0.15, 0.2) is 18.2 Å². The number of hydrogen-bond donors (Lipinski definition) is 2. The predicted molar refractivity (Wildman–Crippen MR) is 84.4 cm³/mol. The number of nitrogens with zero attached hydrogens (tertiary/aromatic N) is 1. The number of ether oxygens (including phenoxy) is 1. The molecule has 0 aromatic heterocycles. The minimum atomic E-state index is -0.397. The van der Waals surface area contributed by atoms with E-state index in [1.54, 1.807) is 23.1 Å². The third-order valence-electron chi connectivity index (χ3n) is 3.35. The maximum atomic E-state index is 12.8. The number of carbonyl (C=O) groups excluding carboxylic acids is 1. The molecule has 1 fully saturated rings. The zero-order valence-electron chi connectivity index (χ0n) is 12.9. The van der Waals surface area contributed by atoms with Crippen LogP contribution in [-0.4, -0.2) is 35.1 Å². The number of nitrogens with two attached hydrogens (primary N) is 1. The van der Waals surface area contributed by atoms with Gasteiger partial charge in [0.15, 0.2) is 0 Å². The van der Waals surface area contributed by atoms with Gasteiger partial charge in [0.2, 0.25) is 0 Å². The summed E-state index contributed by atoms with van der Waals surface area (Å²) in [5, 5.41) is 0.504. The van der Waals surface area contributed by atoms with Crippen molar-refractivity contribution in [3.63, 3.8) is 0 Å². The molecule has 1 aliphatic heterocycles. The van der Waals surface area contributed by atoms with E-state index in [0.29, 0.717) is 29.4 Å². The van der Waals surface area contributed by atoms with Crippen molar-refractivity contribution in [1.29, 1.82) is 0 Å². The second kappa shape index (κ2) is 5.48. The predicted octanol–water partition coefficient (Wildman–Crippen LogP) is 2.66. The SMILES string of the molecule is CC1(C)CN(C(=O)c2cc(Cl)ccc2NN)CC(C)(C)O1. The molecule has 1 aromatic rings. The van der Waals surface area contributed by atoms with Crippen molar-refractivity contribution in [2.24, 2.45) is 5.84 Å². The lowest BCUT2D eigenvalue weighted by Gasteiger charge is -2.47. The smallest absolute Gasteiger partial charge is 0.256 e. The molecule has 1 saturated heterocycles. The monoisotopic (exact) mass is 311 g/mol. The van der Waals surface area contributed by atoms with Gasteiger partial charge in [-0.3, -0.25) is 10.6 Å². The zero-order chi connectivity index (χ0) is 15.8. The van der Waals surface area contributed by atoms with E-state index in [1.165, 1.54) is 0 Å². The van der Waals surface area contributed by atoms with Crippen LogP contribution >= 0.6 is 11.6 Å². The molecule has 1 aromatic carbocycles. The van der Waals surface area contributed by atoms with Gasteiger partial charge < -0.3 is 15.1 Å². The molecule has 0 bridgehead atoms. The number of nitrogen functional groups attached to an aromatic ring is 1. The average Bonchev–Trinajstić information content (AvgIpc) is 2.34. The lowest BCUT2D eigenvalue weighted by Crippen LogP contribution is -2.58. The van der Waals surface area contributed by atoms with Gasteiger partial charge in [0, 0.05) is 18.1 Å². The maximum absolute atomic E-state index is 12.8. The van der Waals surface area contributed by atoms with Crippen LogP contribution in [0.4, 0.5) is 5.69 Å². The lowest BCUT2D eigenvalue weighted by molar-refractivity contribution is -0.171. The summed E-state index contributed by atoms with van der Waals surface area (Å²) in [5.74, 6) is 5.38. The highest BCUT2D eigenvalue weighted by atomic mass is 35.5. The Labute approximate surface area is 130 Å². The Kier molecular flexibility index (Phi) is 4.19. The maximum Gasteiger partial charge on any atom is 0.256 e. The van der Waals surface area contributed by atoms with Crippen molar-refractivity contribution in [2.75, 3.05) is 18.5 Å². The second-order valence-corrected chi connectivity index (χ2v) is 7.05. The quantitative estimate of drug-likeness (QED) is 0.651. The summed E-state index contributed by atoms with van der Waals surface area (Å²) in [5.41, 5.74) is 2.79. The van der Waals surface area contributed by atoms with Gasteiger partial charge in [-0.15, -0.1) is 0 Å². The molecule has 2 rings (SSSR count). The highest BCUT2D eigenvalue weighted by molar-refractivity contribution is 6.31. The van der Waals surface area contributed by atoms with E-state index in [2.05, 4.69) is 5.43 Å². The number of hydrazine groups is 1. The molecular weight excluding hydrogens is 290 g/mol. The van der Waals surface area contributed by atoms with Gasteiger partial charge in [-0.1, -0.05) is 11.6 Å². The van der Waals surface area contributed by atoms with Crippen molar-refractivity contribution in [2.45, 2.75) is 38.9 Å². The number of amides is 1. The van der Waals surface area contributed by atoms with Crippen LogP contribution in [0.2, 0.25) is 5.02 Å². The largest absolute Gasteiger partial charge is 0.366 e. The van der Waals surface area contributed by atoms with Crippen LogP contribution in [0.3, 0.4) is 0 Å². The first-order valence-corrected chi connectivity index (χ1v) is 7.27. The van der Waals surface area contributed by atoms with E-state index < -0.39 is 11.2 Å². The lowest BCUT2D eigenvalue weighted by atomic mass is 9.98. The van der Waals surface area contributed by atoms with Crippen molar-refractivity contribution in [3.05, 3.63) is 28.8 Å². The molecule has 5 nitrogen and oxygen atoms in total. The summed E-state index contributed by atoms with van der Waals surface area (Å²) in [7, 11) is 0. The molecule has 1 amide bonds. The van der Waals surface area contributed by atoms with Crippen LogP contribution in [0.1, 0.15) is 38.1 Å². The molecule has 0 spiro atoms. The number of carbonyl (C=O) groups is 1. The van der Waals surface area contributed by atoms with Gasteiger partial charge in [-0.05, 0) is 45.9 Å². The molecular formula is C15H22ClN3O2. The summed E-state index contributed by atoms with van der Waals surface area (Å²) in [6.07, 6.45) is 0. The molecule has 0 aliphatic carbocycles. The van der Waals surface area contributed by atoms with Gasteiger partial charge in [0.05, 0.1) is 22.5 Å². The second-order valence-electron chi connectivity index (χ2n) is 6.62. The number of nitrogens with one attached hydrogen (secondary N) is 1. The third kappa shape index (κ3) is 3.67. The van der Waals surface area contributed by atoms with Crippen LogP contribution < -0.4 is 11.3 Å². The topological polar surface area (TPSA) is 67.6 Å². The summed E-state index contributed by atoms with van der Waals surface area (Å²) < 4.78 is 6.00. The van der Waals surface area contributed by atoms with Crippen molar-refractivity contribution >= 4 is 23.2 Å². The van der Waals surface area contributed by atoms with E-state index in [9.17, 15) is 4.79 Å². The van der Waals surface area contributed by atoms with Gasteiger partial charge in [0.25, 0.3) is 5.91 Å². The standard InChI is InChI=1S/C15H22ClN3O2/c1-14(2)8-19(9-15(3,4)21-14)13(20)11-7-10(16)5-6-12(11)18-17/h5-7,18H,8-9,17H2,1-4H3. The first-order chi connectivity index (χ1) is 9.63. The average molecular weight is 312 g/mol. The normalized spacial score (nSPS) is 20.2. The number of morpholine rings is 1. The molecule has 1 aliphatic rings. The Hall–Kier alpha value is -1.30. The fraction of sp³-hybridized carbons (Fsp3) is 0.533. The molecule has 0 radical (unpaired) electrons. The number of benzene rings is 1. The summed E-state index contributed by atoms with van der Waals surface area (Å²) in [6, 6.07) is 5.03. The molecule has 0 atom stereocenters. The van der Waals surface area contributed by atoms with Crippen LogP contribution in [-0.2, 0) is 4.74 Å². The molecule has 1 heterocycles. The van der Waals surface area contributed by atoms with Crippen LogP contribution in [0.25, 0.3) is 0 Å². The summed E-state index contributed by atoms with van der Waals surface area (Å²) in [4.78, 5) is 14.6. The highest BCUT2D eigenvalue weighted by Crippen LogP contribution is 2.30. The Morgan fingerprint density at radius 3 is 2.38 bits per heavy atom. The fourth-order valence-corrected chi connectivity index (χ4v) is 3.09. The van der Waals surface area contributed by atoms with Crippen molar-refractivity contribution in [3.8, 4) is 0 Å². The fourth-order valence-electron chi connectivity index (χ4n) is 2.92. The number of hydrogen-bond acceptors (Lipinski definition) is 4. The van der Waals surface area contributed by atoms with Gasteiger partial charge >= 0.3 is 0 Å². The molecule has 0 saturated carbocycles. The summed E-state index contributed by atoms with van der Waals surface area (Å²) >= 11 is 6.00. The molecule has 3 N–H and O–H groups in total. The Morgan fingerprint density at radius 1 is 1.29 bits per heavy atom. The molecule has 6 heteroatoms. The van der Waals surface area contributed by atoms with E-state index in [4.69, 9.17) is 22.2 Å². The van der Waals surface area contributed by atoms with Gasteiger partial charge in [0.1, 0.15) is 0 Å². The third-order valence-corrected chi connectivity index (χ3v) is 3.59. The first kappa shape index (κ1) is 16.1. The Balaban J connectivity index is 2.33. The van der Waals surface area contributed by atoms with Gasteiger partial charge in [-0.25, -0.2) is 0 Å². The van der Waals surface area contributed by atoms with E-state index >= 15 is 0 Å². The number of rotatable bonds is 2. The Morgan fingerprint density at radius 2 is 1.86 bits per heavy atom. The molecule has 0 unspecified atom stereocenters. The van der Waals surface area contributed by atoms with Crippen molar-refractivity contribution < 1.29 is 9.53 Å². The number of halogens is 1. The summed E-state index contributed by atoms with van der Waals surface area (Å²) in [6.45, 7) is 8.96. The highest BCUT2D eigenvalue weighted by Gasteiger charge is 2.40. The van der Waals surface area contributed by atoms with E-state index in [1.807, 2.05) is 27.7 Å². The molecule has 116 valence electrons.